The van der Waals surface area contributed by atoms with Crippen molar-refractivity contribution in [3.8, 4) is 0 Å². The van der Waals surface area contributed by atoms with Crippen LogP contribution in [0.3, 0.4) is 0 Å². The van der Waals surface area contributed by atoms with Crippen molar-refractivity contribution in [1.29, 1.82) is 0 Å². The monoisotopic (exact) mass is 292 g/mol. The van der Waals surface area contributed by atoms with Gasteiger partial charge in [0.15, 0.2) is 0 Å². The fourth-order valence-corrected chi connectivity index (χ4v) is 1.90. The number of urea groups is 1. The predicted molar refractivity (Wildman–Crippen MR) is 81.8 cm³/mol. The number of hydrogen-bond acceptors (Lipinski definition) is 3. The minimum absolute atomic E-state index is 0.106. The Morgan fingerprint density at radius 2 is 1.90 bits per heavy atom. The van der Waals surface area contributed by atoms with Gasteiger partial charge in [-0.05, 0) is 25.8 Å². The molecular formula is C16H24N2O3. The number of carbonyl (C=O) groups is 2. The maximum Gasteiger partial charge on any atom is 0.317 e. The summed E-state index contributed by atoms with van der Waals surface area (Å²) in [5, 5.41) is 2.83. The Labute approximate surface area is 126 Å². The fraction of sp³-hybridized carbons (Fsp3) is 0.500. The van der Waals surface area contributed by atoms with Crippen molar-refractivity contribution >= 4 is 12.0 Å². The molecule has 5 heteroatoms. The Kier molecular flexibility index (Phi) is 7.94. The van der Waals surface area contributed by atoms with Crippen molar-refractivity contribution in [2.24, 2.45) is 0 Å². The Bertz CT molecular complexity index is 434. The first-order valence-electron chi connectivity index (χ1n) is 7.39. The largest absolute Gasteiger partial charge is 0.466 e. The standard InChI is InChI=1S/C16H24N2O3/c1-3-18(13-14-9-6-5-7-10-14)16(20)17-12-8-11-15(19)21-4-2/h5-7,9-10H,3-4,8,11-13H2,1-2H3,(H,17,20). The molecular weight excluding hydrogens is 268 g/mol. The van der Waals surface area contributed by atoms with Crippen LogP contribution in [0.25, 0.3) is 0 Å². The molecule has 0 spiro atoms. The number of nitrogens with zero attached hydrogens (tertiary/aromatic N) is 1. The molecule has 0 saturated heterocycles. The molecule has 0 aliphatic heterocycles. The number of esters is 1. The molecule has 2 amide bonds. The summed E-state index contributed by atoms with van der Waals surface area (Å²) in [6.07, 6.45) is 0.923. The van der Waals surface area contributed by atoms with Crippen molar-refractivity contribution in [2.45, 2.75) is 33.2 Å². The van der Waals surface area contributed by atoms with Crippen LogP contribution in [0.4, 0.5) is 4.79 Å². The number of rotatable bonds is 8. The van der Waals surface area contributed by atoms with Crippen LogP contribution in [0.2, 0.25) is 0 Å². The number of carbonyl (C=O) groups excluding carboxylic acids is 2. The van der Waals surface area contributed by atoms with E-state index in [-0.39, 0.29) is 12.0 Å². The van der Waals surface area contributed by atoms with E-state index in [2.05, 4.69) is 5.32 Å². The van der Waals surface area contributed by atoms with Crippen LogP contribution in [0.1, 0.15) is 32.3 Å². The van der Waals surface area contributed by atoms with Crippen LogP contribution in [-0.2, 0) is 16.1 Å². The molecule has 1 aromatic carbocycles. The summed E-state index contributed by atoms with van der Waals surface area (Å²) in [6, 6.07) is 9.76. The lowest BCUT2D eigenvalue weighted by Crippen LogP contribution is -2.39. The highest BCUT2D eigenvalue weighted by Gasteiger charge is 2.11. The summed E-state index contributed by atoms with van der Waals surface area (Å²) in [6.45, 7) is 5.82. The summed E-state index contributed by atoms with van der Waals surface area (Å²) < 4.78 is 4.83. The van der Waals surface area contributed by atoms with Gasteiger partial charge in [-0.1, -0.05) is 30.3 Å². The average Bonchev–Trinajstić information content (AvgIpc) is 2.50. The van der Waals surface area contributed by atoms with E-state index in [1.165, 1.54) is 0 Å². The molecule has 0 aliphatic rings. The van der Waals surface area contributed by atoms with Crippen LogP contribution in [0.15, 0.2) is 30.3 Å². The first-order chi connectivity index (χ1) is 10.2. The third kappa shape index (κ3) is 6.79. The number of ether oxygens (including phenoxy) is 1. The van der Waals surface area contributed by atoms with Crippen molar-refractivity contribution in [2.75, 3.05) is 19.7 Å². The van der Waals surface area contributed by atoms with Gasteiger partial charge in [-0.15, -0.1) is 0 Å². The molecule has 0 saturated carbocycles. The minimum atomic E-state index is -0.219. The Morgan fingerprint density at radius 1 is 1.19 bits per heavy atom. The maximum absolute atomic E-state index is 12.0. The van der Waals surface area contributed by atoms with E-state index >= 15 is 0 Å². The molecule has 0 fully saturated rings. The smallest absolute Gasteiger partial charge is 0.317 e. The topological polar surface area (TPSA) is 58.6 Å². The Balaban J connectivity index is 2.30. The highest BCUT2D eigenvalue weighted by atomic mass is 16.5. The molecule has 5 nitrogen and oxygen atoms in total. The van der Waals surface area contributed by atoms with Gasteiger partial charge >= 0.3 is 12.0 Å². The molecule has 0 bridgehead atoms. The Hall–Kier alpha value is -2.04. The molecule has 0 aliphatic carbocycles. The lowest BCUT2D eigenvalue weighted by atomic mass is 10.2. The van der Waals surface area contributed by atoms with Gasteiger partial charge in [0, 0.05) is 26.1 Å². The highest BCUT2D eigenvalue weighted by Crippen LogP contribution is 2.04. The SMILES string of the molecule is CCOC(=O)CCCNC(=O)N(CC)Cc1ccccc1. The molecule has 116 valence electrons. The fourth-order valence-electron chi connectivity index (χ4n) is 1.90. The van der Waals surface area contributed by atoms with E-state index < -0.39 is 0 Å². The quantitative estimate of drug-likeness (QED) is 0.592. The molecule has 0 radical (unpaired) electrons. The zero-order valence-electron chi connectivity index (χ0n) is 12.8. The van der Waals surface area contributed by atoms with Crippen LogP contribution in [0.5, 0.6) is 0 Å². The average molecular weight is 292 g/mol. The summed E-state index contributed by atoms with van der Waals surface area (Å²) >= 11 is 0. The summed E-state index contributed by atoms with van der Waals surface area (Å²) in [4.78, 5) is 25.0. The van der Waals surface area contributed by atoms with Gasteiger partial charge in [0.2, 0.25) is 0 Å². The normalized spacial score (nSPS) is 10.0. The van der Waals surface area contributed by atoms with Crippen molar-refractivity contribution in [3.63, 3.8) is 0 Å². The second-order valence-corrected chi connectivity index (χ2v) is 4.64. The van der Waals surface area contributed by atoms with Crippen LogP contribution < -0.4 is 5.32 Å². The lowest BCUT2D eigenvalue weighted by Gasteiger charge is -2.21. The Morgan fingerprint density at radius 3 is 2.52 bits per heavy atom. The number of benzene rings is 1. The van der Waals surface area contributed by atoms with E-state index in [0.717, 1.165) is 5.56 Å². The molecule has 1 aromatic rings. The summed E-state index contributed by atoms with van der Waals surface area (Å²) in [7, 11) is 0. The van der Waals surface area contributed by atoms with E-state index in [9.17, 15) is 9.59 Å². The third-order valence-corrected chi connectivity index (χ3v) is 3.02. The summed E-state index contributed by atoms with van der Waals surface area (Å²) in [5.41, 5.74) is 1.10. The van der Waals surface area contributed by atoms with Crippen LogP contribution in [0, 0.1) is 0 Å². The summed E-state index contributed by atoms with van der Waals surface area (Å²) in [5.74, 6) is -0.219. The van der Waals surface area contributed by atoms with Crippen molar-refractivity contribution in [1.82, 2.24) is 10.2 Å². The van der Waals surface area contributed by atoms with E-state index in [1.807, 2.05) is 37.3 Å². The molecule has 1 rings (SSSR count). The number of hydrogen-bond donors (Lipinski definition) is 1. The van der Waals surface area contributed by atoms with E-state index in [4.69, 9.17) is 4.74 Å². The van der Waals surface area contributed by atoms with Crippen molar-refractivity contribution < 1.29 is 14.3 Å². The van der Waals surface area contributed by atoms with Gasteiger partial charge in [0.25, 0.3) is 0 Å². The number of nitrogens with one attached hydrogen (secondary N) is 1. The van der Waals surface area contributed by atoms with E-state index in [0.29, 0.717) is 39.1 Å². The second-order valence-electron chi connectivity index (χ2n) is 4.64. The zero-order chi connectivity index (χ0) is 15.5. The van der Waals surface area contributed by atoms with Gasteiger partial charge in [0.1, 0.15) is 0 Å². The molecule has 21 heavy (non-hydrogen) atoms. The van der Waals surface area contributed by atoms with Gasteiger partial charge in [-0.2, -0.15) is 0 Å². The van der Waals surface area contributed by atoms with Gasteiger partial charge in [0.05, 0.1) is 6.61 Å². The first kappa shape index (κ1) is 17.0. The van der Waals surface area contributed by atoms with Crippen LogP contribution >= 0.6 is 0 Å². The molecule has 0 atom stereocenters. The lowest BCUT2D eigenvalue weighted by molar-refractivity contribution is -0.143. The molecule has 1 N–H and O–H groups in total. The first-order valence-corrected chi connectivity index (χ1v) is 7.39. The molecule has 0 unspecified atom stereocenters. The maximum atomic E-state index is 12.0. The molecule has 0 heterocycles. The van der Waals surface area contributed by atoms with Gasteiger partial charge in [-0.3, -0.25) is 4.79 Å². The molecule has 0 aromatic heterocycles. The number of amides is 2. The van der Waals surface area contributed by atoms with Crippen molar-refractivity contribution in [3.05, 3.63) is 35.9 Å². The predicted octanol–water partition coefficient (Wildman–Crippen LogP) is 2.56. The van der Waals surface area contributed by atoms with Crippen LogP contribution in [-0.4, -0.2) is 36.6 Å². The second kappa shape index (κ2) is 9.80. The minimum Gasteiger partial charge on any atom is -0.466 e. The zero-order valence-corrected chi connectivity index (χ0v) is 12.8. The highest BCUT2D eigenvalue weighted by molar-refractivity contribution is 5.74. The van der Waals surface area contributed by atoms with Gasteiger partial charge in [-0.25, -0.2) is 4.79 Å². The van der Waals surface area contributed by atoms with Gasteiger partial charge < -0.3 is 15.0 Å². The van der Waals surface area contributed by atoms with E-state index in [1.54, 1.807) is 11.8 Å². The third-order valence-electron chi connectivity index (χ3n) is 3.02.